The summed E-state index contributed by atoms with van der Waals surface area (Å²) in [6.45, 7) is 10.1. The number of nitrogens with one attached hydrogen (secondary N) is 3. The van der Waals surface area contributed by atoms with Gasteiger partial charge in [0.05, 0.1) is 0 Å². The number of ether oxygens (including phenoxy) is 1. The summed E-state index contributed by atoms with van der Waals surface area (Å²) >= 11 is 0. The van der Waals surface area contributed by atoms with Crippen molar-refractivity contribution >= 4 is 11.9 Å². The molecule has 1 amide bonds. The lowest BCUT2D eigenvalue weighted by Crippen LogP contribution is -2.39. The van der Waals surface area contributed by atoms with E-state index < -0.39 is 0 Å². The van der Waals surface area contributed by atoms with Crippen LogP contribution < -0.4 is 16.0 Å². The highest BCUT2D eigenvalue weighted by Gasteiger charge is 2.02. The number of carbonyl (C=O) groups is 1. The Morgan fingerprint density at radius 1 is 1.12 bits per heavy atom. The maximum absolute atomic E-state index is 11.9. The van der Waals surface area contributed by atoms with E-state index in [1.165, 1.54) is 5.56 Å². The summed E-state index contributed by atoms with van der Waals surface area (Å²) < 4.78 is 5.55. The van der Waals surface area contributed by atoms with Crippen LogP contribution in [0, 0.1) is 5.92 Å². The minimum atomic E-state index is -0.0709. The number of aliphatic imine (C=N–C) groups is 1. The molecule has 146 valence electrons. The molecule has 0 spiro atoms. The average Bonchev–Trinajstić information content (AvgIpc) is 2.63. The molecule has 26 heavy (non-hydrogen) atoms. The molecule has 1 aromatic carbocycles. The van der Waals surface area contributed by atoms with Gasteiger partial charge in [-0.25, -0.2) is 4.99 Å². The van der Waals surface area contributed by atoms with Gasteiger partial charge in [0.2, 0.25) is 5.91 Å². The molecule has 0 saturated heterocycles. The van der Waals surface area contributed by atoms with Crippen LogP contribution in [0.25, 0.3) is 0 Å². The molecule has 0 aliphatic heterocycles. The third-order valence-electron chi connectivity index (χ3n) is 3.51. The van der Waals surface area contributed by atoms with E-state index >= 15 is 0 Å². The van der Waals surface area contributed by atoms with Crippen molar-refractivity contribution in [3.8, 4) is 0 Å². The number of nitrogens with zero attached hydrogens (tertiary/aromatic N) is 1. The highest BCUT2D eigenvalue weighted by atomic mass is 16.5. The van der Waals surface area contributed by atoms with Gasteiger partial charge in [-0.1, -0.05) is 44.2 Å². The number of carbonyl (C=O) groups excluding carboxylic acids is 1. The lowest BCUT2D eigenvalue weighted by atomic mass is 10.1. The highest BCUT2D eigenvalue weighted by molar-refractivity contribution is 5.84. The summed E-state index contributed by atoms with van der Waals surface area (Å²) in [5.74, 6) is 1.15. The highest BCUT2D eigenvalue weighted by Crippen LogP contribution is 1.98. The number of benzene rings is 1. The van der Waals surface area contributed by atoms with Gasteiger partial charge in [-0.2, -0.15) is 0 Å². The molecule has 0 aliphatic carbocycles. The van der Waals surface area contributed by atoms with Gasteiger partial charge < -0.3 is 20.7 Å². The molecule has 6 heteroatoms. The average molecular weight is 363 g/mol. The molecule has 0 atom stereocenters. The topological polar surface area (TPSA) is 74.8 Å². The summed E-state index contributed by atoms with van der Waals surface area (Å²) in [6.07, 6.45) is 1.73. The van der Waals surface area contributed by atoms with E-state index in [2.05, 4.69) is 46.9 Å². The second kappa shape index (κ2) is 14.1. The molecule has 0 saturated carbocycles. The first-order valence-electron chi connectivity index (χ1n) is 9.52. The Kier molecular flexibility index (Phi) is 11.9. The number of rotatable bonds is 12. The van der Waals surface area contributed by atoms with Crippen LogP contribution in [0.5, 0.6) is 0 Å². The third-order valence-corrected chi connectivity index (χ3v) is 3.51. The second-order valence-corrected chi connectivity index (χ2v) is 6.53. The summed E-state index contributed by atoms with van der Waals surface area (Å²) in [5.41, 5.74) is 1.21. The molecular formula is C20H34N4O2. The fraction of sp³-hybridized carbons (Fsp3) is 0.600. The van der Waals surface area contributed by atoms with Crippen molar-refractivity contribution in [2.45, 2.75) is 33.6 Å². The first kappa shape index (κ1) is 22.0. The largest absolute Gasteiger partial charge is 0.381 e. The third kappa shape index (κ3) is 11.5. The molecule has 3 N–H and O–H groups in total. The zero-order chi connectivity index (χ0) is 19.0. The Labute approximate surface area is 157 Å². The van der Waals surface area contributed by atoms with Crippen molar-refractivity contribution < 1.29 is 9.53 Å². The Morgan fingerprint density at radius 2 is 1.88 bits per heavy atom. The minimum Gasteiger partial charge on any atom is -0.381 e. The second-order valence-electron chi connectivity index (χ2n) is 6.53. The van der Waals surface area contributed by atoms with Gasteiger partial charge in [-0.15, -0.1) is 0 Å². The zero-order valence-electron chi connectivity index (χ0n) is 16.4. The normalized spacial score (nSPS) is 11.5. The van der Waals surface area contributed by atoms with Crippen molar-refractivity contribution in [2.75, 3.05) is 39.4 Å². The van der Waals surface area contributed by atoms with Gasteiger partial charge in [0.25, 0.3) is 0 Å². The van der Waals surface area contributed by atoms with E-state index in [1.807, 2.05) is 25.1 Å². The molecular weight excluding hydrogens is 328 g/mol. The van der Waals surface area contributed by atoms with E-state index in [1.54, 1.807) is 0 Å². The predicted molar refractivity (Wildman–Crippen MR) is 107 cm³/mol. The van der Waals surface area contributed by atoms with Crippen LogP contribution in [0.2, 0.25) is 0 Å². The van der Waals surface area contributed by atoms with Crippen LogP contribution in [0.3, 0.4) is 0 Å². The molecule has 6 nitrogen and oxygen atoms in total. The number of guanidine groups is 1. The molecule has 0 heterocycles. The van der Waals surface area contributed by atoms with E-state index in [9.17, 15) is 4.79 Å². The predicted octanol–water partition coefficient (Wildman–Crippen LogP) is 1.96. The summed E-state index contributed by atoms with van der Waals surface area (Å²) in [5, 5.41) is 9.27. The van der Waals surface area contributed by atoms with E-state index in [0.29, 0.717) is 18.4 Å². The number of hydrogen-bond donors (Lipinski definition) is 3. The van der Waals surface area contributed by atoms with E-state index in [-0.39, 0.29) is 12.5 Å². The van der Waals surface area contributed by atoms with Crippen molar-refractivity contribution in [3.05, 3.63) is 35.9 Å². The number of hydrogen-bond acceptors (Lipinski definition) is 3. The fourth-order valence-corrected chi connectivity index (χ4v) is 2.24. The zero-order valence-corrected chi connectivity index (χ0v) is 16.4. The van der Waals surface area contributed by atoms with E-state index in [0.717, 1.165) is 39.1 Å². The first-order chi connectivity index (χ1) is 12.6. The molecule has 0 aliphatic rings. The van der Waals surface area contributed by atoms with Crippen LogP contribution in [0.4, 0.5) is 0 Å². The monoisotopic (exact) mass is 362 g/mol. The Morgan fingerprint density at radius 3 is 2.58 bits per heavy atom. The van der Waals surface area contributed by atoms with Crippen LogP contribution in [-0.2, 0) is 16.0 Å². The van der Waals surface area contributed by atoms with E-state index in [4.69, 9.17) is 4.74 Å². The standard InChI is InChI=1S/C20H34N4O2/c1-4-21-20(23-12-8-14-26-16-17(2)3)24-15-19(25)22-13-11-18-9-6-5-7-10-18/h5-7,9-10,17H,4,8,11-16H2,1-3H3,(H,22,25)(H2,21,23,24). The lowest BCUT2D eigenvalue weighted by Gasteiger charge is -2.12. The molecule has 0 bridgehead atoms. The van der Waals surface area contributed by atoms with Gasteiger partial charge in [-0.05, 0) is 31.2 Å². The van der Waals surface area contributed by atoms with Crippen LogP contribution in [0.15, 0.2) is 35.3 Å². The molecule has 0 aromatic heterocycles. The molecule has 1 rings (SSSR count). The maximum Gasteiger partial charge on any atom is 0.241 e. The summed E-state index contributed by atoms with van der Waals surface area (Å²) in [4.78, 5) is 16.3. The van der Waals surface area contributed by atoms with Crippen LogP contribution in [-0.4, -0.2) is 51.3 Å². The van der Waals surface area contributed by atoms with Gasteiger partial charge in [0.15, 0.2) is 5.96 Å². The van der Waals surface area contributed by atoms with Crippen molar-refractivity contribution in [2.24, 2.45) is 10.9 Å². The van der Waals surface area contributed by atoms with Gasteiger partial charge in [-0.3, -0.25) is 4.79 Å². The molecule has 0 radical (unpaired) electrons. The first-order valence-corrected chi connectivity index (χ1v) is 9.52. The quantitative estimate of drug-likeness (QED) is 0.302. The van der Waals surface area contributed by atoms with Crippen LogP contribution in [0.1, 0.15) is 32.8 Å². The number of amides is 1. The van der Waals surface area contributed by atoms with Crippen molar-refractivity contribution in [3.63, 3.8) is 0 Å². The lowest BCUT2D eigenvalue weighted by molar-refractivity contribution is -0.119. The minimum absolute atomic E-state index is 0.0709. The molecule has 0 unspecified atom stereocenters. The van der Waals surface area contributed by atoms with Crippen LogP contribution >= 0.6 is 0 Å². The van der Waals surface area contributed by atoms with Crippen molar-refractivity contribution in [1.82, 2.24) is 16.0 Å². The Balaban J connectivity index is 2.21. The van der Waals surface area contributed by atoms with Crippen molar-refractivity contribution in [1.29, 1.82) is 0 Å². The maximum atomic E-state index is 11.9. The molecule has 0 fully saturated rings. The Hall–Kier alpha value is -2.08. The van der Waals surface area contributed by atoms with Gasteiger partial charge >= 0.3 is 0 Å². The smallest absolute Gasteiger partial charge is 0.241 e. The van der Waals surface area contributed by atoms with Gasteiger partial charge in [0.1, 0.15) is 6.54 Å². The summed E-state index contributed by atoms with van der Waals surface area (Å²) in [7, 11) is 0. The summed E-state index contributed by atoms with van der Waals surface area (Å²) in [6, 6.07) is 10.1. The Bertz CT molecular complexity index is 518. The molecule has 1 aromatic rings. The van der Waals surface area contributed by atoms with Gasteiger partial charge in [0, 0.05) is 32.8 Å². The SMILES string of the molecule is CCNC(=NCC(=O)NCCc1ccccc1)NCCCOCC(C)C. The fourth-order valence-electron chi connectivity index (χ4n) is 2.24.